The monoisotopic (exact) mass is 528 g/mol. The largest absolute Gasteiger partial charge is 0.394 e. The molecule has 0 N–H and O–H groups in total. The Morgan fingerprint density at radius 1 is 0.971 bits per heavy atom. The number of hydrogen-bond acceptors (Lipinski definition) is 7. The van der Waals surface area contributed by atoms with Crippen LogP contribution in [0, 0.1) is 11.3 Å². The molecule has 10 heteroatoms. The maximum absolute atomic E-state index is 9.01. The van der Waals surface area contributed by atoms with Gasteiger partial charge in [0.25, 0.3) is 8.53 Å². The molecule has 0 aromatic heterocycles. The summed E-state index contributed by atoms with van der Waals surface area (Å²) < 4.78 is 34.0. The lowest BCUT2D eigenvalue weighted by atomic mass is 9.92. The Morgan fingerprint density at radius 3 is 1.94 bits per heavy atom. The highest BCUT2D eigenvalue weighted by Crippen LogP contribution is 2.50. The van der Waals surface area contributed by atoms with Gasteiger partial charge in [-0.3, -0.25) is 0 Å². The van der Waals surface area contributed by atoms with Crippen LogP contribution in [-0.4, -0.2) is 70.6 Å². The van der Waals surface area contributed by atoms with Crippen molar-refractivity contribution in [2.45, 2.75) is 142 Å². The van der Waals surface area contributed by atoms with Crippen molar-refractivity contribution in [3.63, 3.8) is 0 Å². The second kappa shape index (κ2) is 15.4. The summed E-state index contributed by atoms with van der Waals surface area (Å²) in [6.45, 7) is 24.6. The van der Waals surface area contributed by atoms with Crippen molar-refractivity contribution in [1.29, 1.82) is 5.26 Å². The molecule has 0 aliphatic carbocycles. The fraction of sp³-hybridized carbons (Fsp3) is 0.960. The van der Waals surface area contributed by atoms with Crippen molar-refractivity contribution in [3.05, 3.63) is 0 Å². The van der Waals surface area contributed by atoms with Crippen LogP contribution in [0.25, 0.3) is 0 Å². The molecular weight excluding hydrogens is 478 g/mol. The zero-order valence-electron chi connectivity index (χ0n) is 24.0. The molecule has 0 saturated carbocycles. The third-order valence-electron chi connectivity index (χ3n) is 6.90. The highest BCUT2D eigenvalue weighted by molar-refractivity contribution is 7.44. The first-order valence-electron chi connectivity index (χ1n) is 13.3. The molecular formula is C25H50BN2O5PSi. The Bertz CT molecular complexity index is 620. The fourth-order valence-corrected chi connectivity index (χ4v) is 12.6. The van der Waals surface area contributed by atoms with Crippen LogP contribution in [0.1, 0.15) is 89.0 Å². The average Bonchev–Trinajstić information content (AvgIpc) is 3.04. The zero-order valence-corrected chi connectivity index (χ0v) is 25.9. The Kier molecular flexibility index (Phi) is 14.5. The van der Waals surface area contributed by atoms with Crippen LogP contribution < -0.4 is 0 Å². The summed E-state index contributed by atoms with van der Waals surface area (Å²) in [6, 6.07) is 1.95. The zero-order chi connectivity index (χ0) is 26.9. The van der Waals surface area contributed by atoms with Crippen LogP contribution in [0.3, 0.4) is 0 Å². The summed E-state index contributed by atoms with van der Waals surface area (Å²) in [4.78, 5) is 0. The van der Waals surface area contributed by atoms with Crippen molar-refractivity contribution in [2.24, 2.45) is 0 Å². The number of nitriles is 1. The van der Waals surface area contributed by atoms with Crippen molar-refractivity contribution in [2.75, 3.05) is 13.4 Å². The molecule has 1 rings (SSSR count). The fourth-order valence-electron chi connectivity index (χ4n) is 5.51. The molecule has 0 bridgehead atoms. The van der Waals surface area contributed by atoms with E-state index in [1.165, 1.54) is 0 Å². The lowest BCUT2D eigenvalue weighted by Gasteiger charge is -2.42. The Labute approximate surface area is 219 Å². The van der Waals surface area contributed by atoms with Crippen LogP contribution in [0.5, 0.6) is 0 Å². The number of nitrogens with zero attached hydrogens (tertiary/aromatic N) is 2. The van der Waals surface area contributed by atoms with Crippen molar-refractivity contribution in [3.8, 4) is 6.07 Å². The van der Waals surface area contributed by atoms with Crippen molar-refractivity contribution >= 4 is 24.7 Å². The van der Waals surface area contributed by atoms with Gasteiger partial charge in [-0.15, -0.1) is 0 Å². The summed E-state index contributed by atoms with van der Waals surface area (Å²) in [7, 11) is 2.88. The Balaban J connectivity index is 3.11. The highest BCUT2D eigenvalue weighted by atomic mass is 31.2. The summed E-state index contributed by atoms with van der Waals surface area (Å²) >= 11 is 0. The molecule has 0 spiro atoms. The second-order valence-electron chi connectivity index (χ2n) is 10.9. The molecule has 5 atom stereocenters. The van der Waals surface area contributed by atoms with Gasteiger partial charge in [-0.05, 0) is 50.7 Å². The minimum absolute atomic E-state index is 0.171. The van der Waals surface area contributed by atoms with E-state index < -0.39 is 29.0 Å². The molecule has 0 aromatic rings. The van der Waals surface area contributed by atoms with Gasteiger partial charge in [0.05, 0.1) is 25.2 Å². The van der Waals surface area contributed by atoms with Crippen LogP contribution in [0.2, 0.25) is 16.6 Å². The standard InChI is InChI=1S/C25H50BN2O5PSi/c1-12-22-23(33-34(30-15-13-14-27)28(17(2)3)18(4)5)24(25(26)32-22)29-16-31-35(19(6)7,20(8)9)21(10)11/h17-25H,12-13,15-16H2,1-11H3/t22-,23?,24+,25-,34?/m1/s1. The Morgan fingerprint density at radius 2 is 1.51 bits per heavy atom. The third kappa shape index (κ3) is 8.48. The number of hydrogen-bond donors (Lipinski definition) is 0. The predicted molar refractivity (Wildman–Crippen MR) is 147 cm³/mol. The van der Waals surface area contributed by atoms with Crippen LogP contribution in [0.15, 0.2) is 0 Å². The van der Waals surface area contributed by atoms with Crippen LogP contribution in [-0.2, 0) is 22.9 Å². The summed E-state index contributed by atoms with van der Waals surface area (Å²) in [5.41, 5.74) is 1.38. The van der Waals surface area contributed by atoms with E-state index in [2.05, 4.69) is 86.9 Å². The third-order valence-corrected chi connectivity index (χ3v) is 15.1. The van der Waals surface area contributed by atoms with Gasteiger partial charge in [0, 0.05) is 18.1 Å². The number of ether oxygens (including phenoxy) is 2. The van der Waals surface area contributed by atoms with Gasteiger partial charge in [0.15, 0.2) is 0 Å². The smallest absolute Gasteiger partial charge is 0.259 e. The summed E-state index contributed by atoms with van der Waals surface area (Å²) in [5.74, 6) is 0. The summed E-state index contributed by atoms with van der Waals surface area (Å²) in [5, 5.41) is 9.01. The molecule has 1 saturated heterocycles. The highest BCUT2D eigenvalue weighted by Gasteiger charge is 2.48. The first-order valence-corrected chi connectivity index (χ1v) is 16.5. The van der Waals surface area contributed by atoms with E-state index in [1.54, 1.807) is 0 Å². The molecule has 2 radical (unpaired) electrons. The molecule has 0 amide bonds. The van der Waals surface area contributed by atoms with E-state index in [0.29, 0.717) is 29.7 Å². The maximum Gasteiger partial charge on any atom is 0.259 e. The molecule has 1 fully saturated rings. The lowest BCUT2D eigenvalue weighted by molar-refractivity contribution is -0.0803. The first-order chi connectivity index (χ1) is 16.3. The van der Waals surface area contributed by atoms with Gasteiger partial charge in [0.2, 0.25) is 8.32 Å². The minimum Gasteiger partial charge on any atom is -0.394 e. The van der Waals surface area contributed by atoms with Gasteiger partial charge < -0.3 is 22.9 Å². The molecule has 1 heterocycles. The molecule has 35 heavy (non-hydrogen) atoms. The van der Waals surface area contributed by atoms with E-state index in [0.717, 1.165) is 6.42 Å². The molecule has 0 aromatic carbocycles. The molecule has 1 aliphatic heterocycles. The number of rotatable bonds is 16. The van der Waals surface area contributed by atoms with E-state index in [1.807, 2.05) is 0 Å². The van der Waals surface area contributed by atoms with E-state index in [-0.39, 0.29) is 31.1 Å². The molecule has 2 unspecified atom stereocenters. The van der Waals surface area contributed by atoms with Gasteiger partial charge >= 0.3 is 0 Å². The second-order valence-corrected chi connectivity index (χ2v) is 17.7. The lowest BCUT2D eigenvalue weighted by Crippen LogP contribution is -2.49. The van der Waals surface area contributed by atoms with Gasteiger partial charge in [-0.25, -0.2) is 4.67 Å². The van der Waals surface area contributed by atoms with E-state index in [4.69, 9.17) is 36.1 Å². The van der Waals surface area contributed by atoms with E-state index >= 15 is 0 Å². The van der Waals surface area contributed by atoms with Gasteiger partial charge in [-0.1, -0.05) is 48.5 Å². The summed E-state index contributed by atoms with van der Waals surface area (Å²) in [6.07, 6.45) is -0.0108. The maximum atomic E-state index is 9.01. The van der Waals surface area contributed by atoms with Gasteiger partial charge in [0.1, 0.15) is 26.8 Å². The first kappa shape index (κ1) is 33.0. The Hall–Kier alpha value is -0.0382. The van der Waals surface area contributed by atoms with Crippen LogP contribution in [0.4, 0.5) is 0 Å². The van der Waals surface area contributed by atoms with Crippen molar-refractivity contribution in [1.82, 2.24) is 4.67 Å². The SMILES string of the molecule is [B][C@@H]1O[C@H](CC)C(OP(OCCC#N)N(C(C)C)C(C)C)[C@@H]1OCO[Si](C(C)C)(C(C)C)C(C)C. The molecule has 202 valence electrons. The van der Waals surface area contributed by atoms with Gasteiger partial charge in [-0.2, -0.15) is 5.26 Å². The normalized spacial score (nSPS) is 24.5. The average molecular weight is 529 g/mol. The topological polar surface area (TPSA) is 73.2 Å². The van der Waals surface area contributed by atoms with E-state index in [9.17, 15) is 0 Å². The predicted octanol–water partition coefficient (Wildman–Crippen LogP) is 6.49. The minimum atomic E-state index is -2.08. The molecule has 7 nitrogen and oxygen atoms in total. The quantitative estimate of drug-likeness (QED) is 0.0982. The molecule has 1 aliphatic rings. The van der Waals surface area contributed by atoms with Crippen LogP contribution >= 0.6 is 8.53 Å². The van der Waals surface area contributed by atoms with Crippen molar-refractivity contribution < 1.29 is 22.9 Å².